The van der Waals surface area contributed by atoms with E-state index in [2.05, 4.69) is 328 Å². The molecular formula is C131H102N12. The van der Waals surface area contributed by atoms with Gasteiger partial charge in [0.2, 0.25) is 0 Å². The lowest BCUT2D eigenvalue weighted by Crippen LogP contribution is -2.14. The second-order valence-electron chi connectivity index (χ2n) is 38.0. The van der Waals surface area contributed by atoms with E-state index in [4.69, 9.17) is 39.9 Å². The van der Waals surface area contributed by atoms with E-state index in [-0.39, 0.29) is 38.5 Å². The monoisotopic (exact) mass is 1840 g/mol. The molecule has 0 unspecified atom stereocenters. The number of rotatable bonds is 12. The Kier molecular flexibility index (Phi) is 22.7. The molecule has 0 N–H and O–H groups in total. The van der Waals surface area contributed by atoms with Crippen molar-refractivity contribution in [2.45, 2.75) is 80.1 Å². The van der Waals surface area contributed by atoms with Gasteiger partial charge in [-0.25, -0.2) is 39.9 Å². The molecule has 18 aromatic carbocycles. The zero-order chi connectivity index (χ0) is 94.1. The van der Waals surface area contributed by atoms with E-state index in [1.54, 1.807) is 0 Å². The van der Waals surface area contributed by atoms with E-state index in [1.807, 2.05) is 170 Å². The molecule has 143 heavy (non-hydrogen) atoms. The summed E-state index contributed by atoms with van der Waals surface area (Å²) in [6, 6.07) is 155. The molecule has 0 bridgehead atoms. The first-order chi connectivity index (χ1) is 68.6. The number of para-hydroxylation sites is 3. The third kappa shape index (κ3) is 15.2. The first-order valence-electron chi connectivity index (χ1n) is 47.7. The summed E-state index contributed by atoms with van der Waals surface area (Å²) in [6.07, 6.45) is 0. The van der Waals surface area contributed by atoms with E-state index in [0.29, 0.717) is 46.3 Å². The molecule has 0 amide bonds. The minimum Gasteiger partial charge on any atom is -0.309 e. The number of nitrogens with zero attached hydrogens (tertiary/aromatic N) is 12. The highest BCUT2D eigenvalue weighted by Crippen LogP contribution is 2.57. The van der Waals surface area contributed by atoms with Crippen molar-refractivity contribution in [3.05, 3.63) is 476 Å². The first-order valence-corrected chi connectivity index (χ1v) is 47.7. The molecule has 0 atom stereocenters. The van der Waals surface area contributed by atoms with Gasteiger partial charge in [-0.3, -0.25) is 0 Å². The van der Waals surface area contributed by atoms with Gasteiger partial charge in [0.25, 0.3) is 0 Å². The molecule has 0 aliphatic heterocycles. The average Bonchev–Trinajstić information content (AvgIpc) is 1.54. The van der Waals surface area contributed by atoms with Crippen LogP contribution in [0, 0.1) is 11.3 Å². The Morgan fingerprint density at radius 1 is 0.203 bits per heavy atom. The van der Waals surface area contributed by atoms with Gasteiger partial charge in [-0.1, -0.05) is 391 Å². The van der Waals surface area contributed by atoms with Gasteiger partial charge >= 0.3 is 0 Å². The maximum atomic E-state index is 9.59. The van der Waals surface area contributed by atoms with Crippen molar-refractivity contribution in [2.75, 3.05) is 0 Å². The van der Waals surface area contributed by atoms with Crippen LogP contribution in [0.2, 0.25) is 0 Å². The fourth-order valence-corrected chi connectivity index (χ4v) is 21.9. The van der Waals surface area contributed by atoms with Crippen LogP contribution in [0.5, 0.6) is 0 Å². The Morgan fingerprint density at radius 3 is 0.986 bits per heavy atom. The average molecular weight is 1840 g/mol. The van der Waals surface area contributed by atoms with Gasteiger partial charge in [-0.15, -0.1) is 0 Å². The molecule has 686 valence electrons. The van der Waals surface area contributed by atoms with Crippen molar-refractivity contribution < 1.29 is 0 Å². The predicted octanol–water partition coefficient (Wildman–Crippen LogP) is 33.2. The molecule has 27 rings (SSSR count). The molecule has 3 aliphatic carbocycles. The smallest absolute Gasteiger partial charge is 0.164 e. The van der Waals surface area contributed by atoms with Crippen LogP contribution in [0.3, 0.4) is 0 Å². The summed E-state index contributed by atoms with van der Waals surface area (Å²) in [5, 5.41) is 17.2. The zero-order valence-electron chi connectivity index (χ0n) is 77.9. The fourth-order valence-electron chi connectivity index (χ4n) is 21.9. The summed E-state index contributed by atoms with van der Waals surface area (Å²) in [5.41, 5.74) is 37.1. The lowest BCUT2D eigenvalue weighted by molar-refractivity contribution is 0.660. The molecule has 12 heteroatoms. The van der Waals surface area contributed by atoms with Crippen LogP contribution >= 0.6 is 0 Å². The number of hydrogen-bond acceptors (Lipinski definition) is 9. The summed E-state index contributed by atoms with van der Waals surface area (Å²) >= 11 is 0. The maximum Gasteiger partial charge on any atom is 0.164 e. The summed E-state index contributed by atoms with van der Waals surface area (Å²) in [4.78, 5) is 39.8. The topological polar surface area (TPSA) is 142 Å². The number of fused-ring (bicyclic) bond motifs is 20. The van der Waals surface area contributed by atoms with Crippen LogP contribution in [0.15, 0.2) is 437 Å². The van der Waals surface area contributed by atoms with Gasteiger partial charge in [0.15, 0.2) is 40.8 Å². The number of nitriles is 1. The second kappa shape index (κ2) is 36.1. The van der Waals surface area contributed by atoms with Gasteiger partial charge < -0.3 is 13.7 Å². The van der Waals surface area contributed by atoms with Gasteiger partial charge in [-0.05, 0) is 176 Å². The molecule has 3 aliphatic rings. The molecule has 0 saturated carbocycles. The highest BCUT2D eigenvalue weighted by molar-refractivity contribution is 6.20. The third-order valence-corrected chi connectivity index (χ3v) is 28.7. The molecule has 0 saturated heterocycles. The van der Waals surface area contributed by atoms with Gasteiger partial charge in [-0.2, -0.15) is 5.26 Å². The van der Waals surface area contributed by atoms with E-state index in [1.165, 1.54) is 127 Å². The minimum absolute atomic E-state index is 0. The first kappa shape index (κ1) is 90.1. The lowest BCUT2D eigenvalue weighted by Gasteiger charge is -2.21. The van der Waals surface area contributed by atoms with Crippen LogP contribution < -0.4 is 0 Å². The van der Waals surface area contributed by atoms with Gasteiger partial charge in [0.1, 0.15) is 0 Å². The molecule has 6 aromatic heterocycles. The van der Waals surface area contributed by atoms with Crippen LogP contribution in [0.25, 0.3) is 218 Å². The maximum absolute atomic E-state index is 9.59. The Hall–Kier alpha value is -18.1. The van der Waals surface area contributed by atoms with Crippen LogP contribution in [-0.4, -0.2) is 53.6 Å². The molecule has 6 heterocycles. The largest absolute Gasteiger partial charge is 0.309 e. The molecule has 0 radical (unpaired) electrons. The molecule has 0 fully saturated rings. The Balaban J connectivity index is 0.000000121. The van der Waals surface area contributed by atoms with Gasteiger partial charge in [0, 0.05) is 116 Å². The van der Waals surface area contributed by atoms with Crippen LogP contribution in [0.4, 0.5) is 0 Å². The zero-order valence-corrected chi connectivity index (χ0v) is 77.9. The SMILES string of the molecule is C.C.C.CC1(C)c2ccccc2-c2c1ccc1c2c2ccccc2n1-c1ccc(-c2nc(-c3ccccc3)nc(-c3ccccc3)n2)cc1.CC1(C)c2ccccc2-c2c1ccc1c2c2ccccc2n1-c1cccc(-c2nc(-c3ccccc3)nc(-c3ccccc3)n2)c1.CC1(C)c2ccccc2-c2cc3c(cc21)c1ccccc1n3-c1cccc(-c2nc(-c3ccccc3)cc(-c3cccc(C#N)c3)n2)c1. The Labute approximate surface area is 833 Å². The van der Waals surface area contributed by atoms with E-state index < -0.39 is 0 Å². The van der Waals surface area contributed by atoms with E-state index in [9.17, 15) is 5.26 Å². The van der Waals surface area contributed by atoms with Crippen molar-refractivity contribution in [3.63, 3.8) is 0 Å². The summed E-state index contributed by atoms with van der Waals surface area (Å²) in [5.74, 6) is 4.56. The van der Waals surface area contributed by atoms with Crippen molar-refractivity contribution in [2.24, 2.45) is 0 Å². The standard InChI is InChI=1S/C44H30N4.2C42H30N4.3CH4/c1-44(2)37-20-8-6-18-33(37)35-25-42-36(24-38(35)44)34-19-7-9-21-41(34)48(42)32-17-11-16-31(23-32)43-46-39(29-13-4-3-5-14-29)26-40(47-43)30-15-10-12-28(22-30)27-45;1-42(2)33-22-11-9-20-31(33)37-34(42)24-25-36-38(37)32-21-10-12-23-35(32)46(36)30-19-13-18-29(26-30)41-44-39(27-14-5-3-6-15-27)43-40(45-41)28-16-7-4-8-17-28;1-42(2)33-19-11-9-17-31(33)37-34(42)25-26-36-38(37)32-18-10-12-20-35(32)46(36)30-23-21-29(22-24-30)41-44-39(27-13-5-3-6-14-27)43-40(45-41)28-15-7-4-8-16-28;;;/h3-26H,1-2H3;2*3-26H,1-2H3;3*1H4. The molecule has 24 aromatic rings. The third-order valence-electron chi connectivity index (χ3n) is 28.7. The minimum atomic E-state index is -0.0746. The van der Waals surface area contributed by atoms with E-state index in [0.717, 1.165) is 84.0 Å². The summed E-state index contributed by atoms with van der Waals surface area (Å²) < 4.78 is 7.15. The van der Waals surface area contributed by atoms with E-state index >= 15 is 0 Å². The van der Waals surface area contributed by atoms with Crippen molar-refractivity contribution in [1.82, 2.24) is 53.6 Å². The second-order valence-corrected chi connectivity index (χ2v) is 38.0. The highest BCUT2D eigenvalue weighted by atomic mass is 15.1. The fraction of sp³-hybridized carbons (Fsp3) is 0.0916. The van der Waals surface area contributed by atoms with Crippen molar-refractivity contribution in [3.8, 4) is 159 Å². The number of hydrogen-bond donors (Lipinski definition) is 0. The van der Waals surface area contributed by atoms with Crippen molar-refractivity contribution in [1.29, 1.82) is 5.26 Å². The quantitative estimate of drug-likeness (QED) is 0.117. The summed E-state index contributed by atoms with van der Waals surface area (Å²) in [6.45, 7) is 14.0. The predicted molar refractivity (Wildman–Crippen MR) is 591 cm³/mol. The number of benzene rings is 18. The Bertz CT molecular complexity index is 9030. The number of aromatic nitrogens is 11. The lowest BCUT2D eigenvalue weighted by atomic mass is 9.82. The summed E-state index contributed by atoms with van der Waals surface area (Å²) in [7, 11) is 0. The Morgan fingerprint density at radius 2 is 0.531 bits per heavy atom. The van der Waals surface area contributed by atoms with Crippen LogP contribution in [-0.2, 0) is 16.2 Å². The van der Waals surface area contributed by atoms with Crippen molar-refractivity contribution >= 4 is 65.4 Å². The normalized spacial score (nSPS) is 12.8. The molecule has 0 spiro atoms. The molecule has 12 nitrogen and oxygen atoms in total. The van der Waals surface area contributed by atoms with Gasteiger partial charge in [0.05, 0.1) is 56.1 Å². The van der Waals surface area contributed by atoms with Crippen LogP contribution in [0.1, 0.15) is 103 Å². The highest BCUT2D eigenvalue weighted by Gasteiger charge is 2.41. The molecular weight excluding hydrogens is 1740 g/mol.